The van der Waals surface area contributed by atoms with Crippen LogP contribution in [0.2, 0.25) is 0 Å². The van der Waals surface area contributed by atoms with Crippen molar-refractivity contribution in [1.82, 2.24) is 4.90 Å². The third-order valence-electron chi connectivity index (χ3n) is 3.72. The summed E-state index contributed by atoms with van der Waals surface area (Å²) < 4.78 is 5.67. The van der Waals surface area contributed by atoms with Gasteiger partial charge in [0, 0.05) is 19.7 Å². The Morgan fingerprint density at radius 3 is 2.94 bits per heavy atom. The summed E-state index contributed by atoms with van der Waals surface area (Å²) in [6, 6.07) is -0.293. The van der Waals surface area contributed by atoms with E-state index < -0.39 is 0 Å². The van der Waals surface area contributed by atoms with Gasteiger partial charge in [0.25, 0.3) is 0 Å². The molecule has 1 heterocycles. The SMILES string of the molecule is CCC1CN(C(=O)C(N)CC2CC2)CCCO1. The predicted molar refractivity (Wildman–Crippen MR) is 66.5 cm³/mol. The summed E-state index contributed by atoms with van der Waals surface area (Å²) in [6.07, 6.45) is 5.45. The van der Waals surface area contributed by atoms with Crippen LogP contribution < -0.4 is 5.73 Å². The Morgan fingerprint density at radius 2 is 2.29 bits per heavy atom. The van der Waals surface area contributed by atoms with Gasteiger partial charge in [-0.1, -0.05) is 19.8 Å². The number of carbonyl (C=O) groups excluding carboxylic acids is 1. The smallest absolute Gasteiger partial charge is 0.239 e. The number of hydrogen-bond acceptors (Lipinski definition) is 3. The zero-order chi connectivity index (χ0) is 12.3. The molecule has 0 aromatic heterocycles. The van der Waals surface area contributed by atoms with Crippen LogP contribution in [-0.2, 0) is 9.53 Å². The molecular formula is C13H24N2O2. The molecular weight excluding hydrogens is 216 g/mol. The number of nitrogens with zero attached hydrogens (tertiary/aromatic N) is 1. The summed E-state index contributed by atoms with van der Waals surface area (Å²) in [7, 11) is 0. The van der Waals surface area contributed by atoms with Crippen molar-refractivity contribution >= 4 is 5.91 Å². The summed E-state index contributed by atoms with van der Waals surface area (Å²) >= 11 is 0. The van der Waals surface area contributed by atoms with Crippen LogP contribution in [0, 0.1) is 5.92 Å². The van der Waals surface area contributed by atoms with E-state index in [-0.39, 0.29) is 18.1 Å². The monoisotopic (exact) mass is 240 g/mol. The minimum atomic E-state index is -0.293. The van der Waals surface area contributed by atoms with Crippen molar-refractivity contribution in [1.29, 1.82) is 0 Å². The van der Waals surface area contributed by atoms with Crippen LogP contribution in [0.5, 0.6) is 0 Å². The molecule has 2 fully saturated rings. The van der Waals surface area contributed by atoms with E-state index in [9.17, 15) is 4.79 Å². The molecule has 1 amide bonds. The lowest BCUT2D eigenvalue weighted by Gasteiger charge is -2.26. The second-order valence-electron chi connectivity index (χ2n) is 5.32. The van der Waals surface area contributed by atoms with Crippen molar-refractivity contribution in [3.05, 3.63) is 0 Å². The number of amides is 1. The molecule has 98 valence electrons. The molecule has 0 spiro atoms. The highest BCUT2D eigenvalue weighted by atomic mass is 16.5. The van der Waals surface area contributed by atoms with Crippen molar-refractivity contribution < 1.29 is 9.53 Å². The molecule has 2 unspecified atom stereocenters. The molecule has 0 aromatic carbocycles. The van der Waals surface area contributed by atoms with Crippen LogP contribution in [0.25, 0.3) is 0 Å². The Morgan fingerprint density at radius 1 is 1.53 bits per heavy atom. The summed E-state index contributed by atoms with van der Waals surface area (Å²) in [5.74, 6) is 0.833. The number of rotatable bonds is 4. The Kier molecular flexibility index (Phi) is 4.40. The lowest BCUT2D eigenvalue weighted by Crippen LogP contribution is -2.46. The van der Waals surface area contributed by atoms with Gasteiger partial charge in [0.1, 0.15) is 0 Å². The van der Waals surface area contributed by atoms with E-state index >= 15 is 0 Å². The van der Waals surface area contributed by atoms with E-state index in [0.29, 0.717) is 12.5 Å². The molecule has 2 rings (SSSR count). The van der Waals surface area contributed by atoms with Crippen LogP contribution in [0.1, 0.15) is 39.0 Å². The van der Waals surface area contributed by atoms with Crippen LogP contribution in [-0.4, -0.2) is 42.6 Å². The second kappa shape index (κ2) is 5.83. The van der Waals surface area contributed by atoms with Crippen molar-refractivity contribution in [2.24, 2.45) is 11.7 Å². The first-order chi connectivity index (χ1) is 8.20. The highest BCUT2D eigenvalue weighted by Crippen LogP contribution is 2.33. The van der Waals surface area contributed by atoms with Gasteiger partial charge in [-0.05, 0) is 25.2 Å². The number of ether oxygens (including phenoxy) is 1. The molecule has 4 heteroatoms. The minimum Gasteiger partial charge on any atom is -0.376 e. The maximum Gasteiger partial charge on any atom is 0.239 e. The van der Waals surface area contributed by atoms with Gasteiger partial charge in [-0.15, -0.1) is 0 Å². The molecule has 2 atom stereocenters. The van der Waals surface area contributed by atoms with Gasteiger partial charge in [-0.3, -0.25) is 4.79 Å². The fourth-order valence-corrected chi connectivity index (χ4v) is 2.39. The highest BCUT2D eigenvalue weighted by Gasteiger charge is 2.30. The molecule has 0 radical (unpaired) electrons. The van der Waals surface area contributed by atoms with Crippen molar-refractivity contribution in [3.63, 3.8) is 0 Å². The molecule has 17 heavy (non-hydrogen) atoms. The maximum atomic E-state index is 12.2. The number of nitrogens with two attached hydrogens (primary N) is 1. The molecule has 1 aliphatic heterocycles. The highest BCUT2D eigenvalue weighted by molar-refractivity contribution is 5.81. The van der Waals surface area contributed by atoms with Gasteiger partial charge in [0.05, 0.1) is 12.1 Å². The lowest BCUT2D eigenvalue weighted by atomic mass is 10.1. The Labute approximate surface area is 103 Å². The Bertz CT molecular complexity index is 266. The van der Waals surface area contributed by atoms with Crippen LogP contribution in [0.3, 0.4) is 0 Å². The summed E-state index contributed by atoms with van der Waals surface area (Å²) in [6.45, 7) is 4.38. The Hall–Kier alpha value is -0.610. The van der Waals surface area contributed by atoms with E-state index in [1.54, 1.807) is 0 Å². The van der Waals surface area contributed by atoms with Gasteiger partial charge in [0.2, 0.25) is 5.91 Å². The van der Waals surface area contributed by atoms with Gasteiger partial charge >= 0.3 is 0 Å². The summed E-state index contributed by atoms with van der Waals surface area (Å²) in [5, 5.41) is 0. The van der Waals surface area contributed by atoms with Crippen molar-refractivity contribution in [2.75, 3.05) is 19.7 Å². The van der Waals surface area contributed by atoms with Crippen molar-refractivity contribution in [3.8, 4) is 0 Å². The van der Waals surface area contributed by atoms with E-state index in [4.69, 9.17) is 10.5 Å². The molecule has 4 nitrogen and oxygen atoms in total. The number of hydrogen-bond donors (Lipinski definition) is 1. The predicted octanol–water partition coefficient (Wildman–Crippen LogP) is 1.14. The fourth-order valence-electron chi connectivity index (χ4n) is 2.39. The number of carbonyl (C=O) groups is 1. The fraction of sp³-hybridized carbons (Fsp3) is 0.923. The lowest BCUT2D eigenvalue weighted by molar-refractivity contribution is -0.133. The summed E-state index contributed by atoms with van der Waals surface area (Å²) in [4.78, 5) is 14.1. The van der Waals surface area contributed by atoms with E-state index in [2.05, 4.69) is 6.92 Å². The molecule has 0 aromatic rings. The van der Waals surface area contributed by atoms with Gasteiger partial charge in [-0.25, -0.2) is 0 Å². The third kappa shape index (κ3) is 3.68. The second-order valence-corrected chi connectivity index (χ2v) is 5.32. The zero-order valence-electron chi connectivity index (χ0n) is 10.7. The topological polar surface area (TPSA) is 55.6 Å². The molecule has 1 aliphatic carbocycles. The standard InChI is InChI=1S/C13H24N2O2/c1-2-11-9-15(6-3-7-17-11)13(16)12(14)8-10-4-5-10/h10-12H,2-9,14H2,1H3. The maximum absolute atomic E-state index is 12.2. The van der Waals surface area contributed by atoms with E-state index in [1.807, 2.05) is 4.90 Å². The van der Waals surface area contributed by atoms with E-state index in [0.717, 1.165) is 32.4 Å². The molecule has 0 bridgehead atoms. The Balaban J connectivity index is 1.86. The van der Waals surface area contributed by atoms with E-state index in [1.165, 1.54) is 12.8 Å². The molecule has 1 saturated carbocycles. The van der Waals surface area contributed by atoms with Crippen LogP contribution >= 0.6 is 0 Å². The normalized spacial score (nSPS) is 27.6. The zero-order valence-corrected chi connectivity index (χ0v) is 10.7. The first-order valence-electron chi connectivity index (χ1n) is 6.86. The average Bonchev–Trinajstić information content (AvgIpc) is 3.13. The van der Waals surface area contributed by atoms with Crippen molar-refractivity contribution in [2.45, 2.75) is 51.2 Å². The first-order valence-corrected chi connectivity index (χ1v) is 6.86. The van der Waals surface area contributed by atoms with Gasteiger partial charge in [-0.2, -0.15) is 0 Å². The van der Waals surface area contributed by atoms with Gasteiger partial charge < -0.3 is 15.4 Å². The quantitative estimate of drug-likeness (QED) is 0.801. The molecule has 2 aliphatic rings. The average molecular weight is 240 g/mol. The van der Waals surface area contributed by atoms with Crippen LogP contribution in [0.4, 0.5) is 0 Å². The van der Waals surface area contributed by atoms with Crippen LogP contribution in [0.15, 0.2) is 0 Å². The molecule has 2 N–H and O–H groups in total. The third-order valence-corrected chi connectivity index (χ3v) is 3.72. The minimum absolute atomic E-state index is 0.126. The largest absolute Gasteiger partial charge is 0.376 e. The molecule has 1 saturated heterocycles. The summed E-state index contributed by atoms with van der Waals surface area (Å²) in [5.41, 5.74) is 5.99. The first kappa shape index (κ1) is 12.8. The van der Waals surface area contributed by atoms with Gasteiger partial charge in [0.15, 0.2) is 0 Å².